The summed E-state index contributed by atoms with van der Waals surface area (Å²) in [4.78, 5) is 73.2. The minimum absolute atomic E-state index is 0. The maximum atomic E-state index is 11.0. The Morgan fingerprint density at radius 1 is 0.305 bits per heavy atom. The predicted octanol–water partition coefficient (Wildman–Crippen LogP) is -6.25. The molecule has 12 N–H and O–H groups in total. The number of hydrogen-bond acceptors (Lipinski definition) is 18. The fourth-order valence-electron chi connectivity index (χ4n) is 7.47. The first-order valence-corrected chi connectivity index (χ1v) is 16.4. The standard InChI is InChI=1S/2C15H27N3O9.2CH4.3Ho/c2*1-16(4-7(19)20)10-13(25)11(17(2)5-8(21)22)15(27)12(14(10)26)18(3)6-9(23)24;;;;;/h2*10-15,25-27H,4-6H2,1-3H3,(H,19,20)(H,21,22)(H,23,24);2*1H4;;;. The average molecular weight is 1310 g/mol. The fourth-order valence-corrected chi connectivity index (χ4v) is 7.47. The van der Waals surface area contributed by atoms with E-state index in [1.165, 1.54) is 71.7 Å². The van der Waals surface area contributed by atoms with Crippen molar-refractivity contribution >= 4 is 35.8 Å². The number of aliphatic hydroxyl groups excluding tert-OH is 6. The molecule has 2 fully saturated rings. The first kappa shape index (κ1) is 68.2. The summed E-state index contributed by atoms with van der Waals surface area (Å²) in [5.74, 6) is -7.28. The zero-order chi connectivity index (χ0) is 42.1. The van der Waals surface area contributed by atoms with Crippen LogP contribution in [0.3, 0.4) is 0 Å². The zero-order valence-corrected chi connectivity index (χ0v) is 37.4. The zero-order valence-electron chi connectivity index (χ0n) is 31.6. The number of carboxylic acid groups (broad SMARTS) is 6. The van der Waals surface area contributed by atoms with Crippen molar-refractivity contribution in [3.63, 3.8) is 0 Å². The second kappa shape index (κ2) is 31.1. The van der Waals surface area contributed by atoms with Crippen LogP contribution >= 0.6 is 0 Å². The molecule has 0 heterocycles. The van der Waals surface area contributed by atoms with Gasteiger partial charge in [0.05, 0.1) is 112 Å². The van der Waals surface area contributed by atoms with Crippen LogP contribution in [0.4, 0.5) is 0 Å². The Kier molecular flexibility index (Phi) is 35.9. The average Bonchev–Trinajstić information content (AvgIpc) is 2.94. The molecule has 0 aromatic carbocycles. The molecule has 24 nitrogen and oxygen atoms in total. The maximum Gasteiger partial charge on any atom is 0.317 e. The van der Waals surface area contributed by atoms with Crippen molar-refractivity contribution in [2.75, 3.05) is 81.6 Å². The van der Waals surface area contributed by atoms with Crippen molar-refractivity contribution in [1.82, 2.24) is 29.4 Å². The van der Waals surface area contributed by atoms with Gasteiger partial charge in [0, 0.05) is 113 Å². The van der Waals surface area contributed by atoms with E-state index in [4.69, 9.17) is 30.6 Å². The molecular formula is C32H62Ho3N6O18. The van der Waals surface area contributed by atoms with Crippen LogP contribution in [-0.2, 0) is 28.8 Å². The Labute approximate surface area is 432 Å². The van der Waals surface area contributed by atoms with E-state index in [1.807, 2.05) is 0 Å². The van der Waals surface area contributed by atoms with Gasteiger partial charge in [0.15, 0.2) is 0 Å². The van der Waals surface area contributed by atoms with E-state index in [0.29, 0.717) is 0 Å². The van der Waals surface area contributed by atoms with Gasteiger partial charge in [-0.25, -0.2) is 0 Å². The molecule has 0 amide bonds. The van der Waals surface area contributed by atoms with Gasteiger partial charge >= 0.3 is 35.8 Å². The van der Waals surface area contributed by atoms with Crippen molar-refractivity contribution in [2.24, 2.45) is 0 Å². The van der Waals surface area contributed by atoms with E-state index in [1.54, 1.807) is 0 Å². The van der Waals surface area contributed by atoms with Gasteiger partial charge in [0.2, 0.25) is 0 Å². The molecule has 0 aliphatic heterocycles. The summed E-state index contributed by atoms with van der Waals surface area (Å²) in [5, 5.41) is 118. The van der Waals surface area contributed by atoms with E-state index in [9.17, 15) is 59.4 Å². The van der Waals surface area contributed by atoms with Crippen LogP contribution in [0, 0.1) is 113 Å². The second-order valence-electron chi connectivity index (χ2n) is 13.7. The van der Waals surface area contributed by atoms with Crippen molar-refractivity contribution in [1.29, 1.82) is 0 Å². The van der Waals surface area contributed by atoms with Gasteiger partial charge < -0.3 is 61.3 Å². The maximum absolute atomic E-state index is 11.0. The molecule has 0 spiro atoms. The number of aliphatic carboxylic acids is 6. The SMILES string of the molecule is C.C.CN(CC(=O)O)C1C(O)C(N(C)CC(=O)O)C(O)C(N(C)CC(=O)O)C1O.CN(CC(=O)O)C1C(O)C(N(C)CC(=O)O)C(O)C(N(C)CC(=O)O)C1O.[Ho].[Ho].[Ho]. The van der Waals surface area contributed by atoms with E-state index in [-0.39, 0.29) is 128 Å². The first-order valence-electron chi connectivity index (χ1n) is 16.4. The van der Waals surface area contributed by atoms with Crippen LogP contribution in [0.2, 0.25) is 0 Å². The smallest absolute Gasteiger partial charge is 0.317 e. The third kappa shape index (κ3) is 19.8. The summed E-state index contributed by atoms with van der Waals surface area (Å²) in [5.41, 5.74) is 0. The predicted molar refractivity (Wildman–Crippen MR) is 194 cm³/mol. The van der Waals surface area contributed by atoms with Gasteiger partial charge in [-0.2, -0.15) is 0 Å². The quantitative estimate of drug-likeness (QED) is 0.0568. The van der Waals surface area contributed by atoms with Gasteiger partial charge in [-0.05, 0) is 42.3 Å². The molecule has 0 bridgehead atoms. The second-order valence-corrected chi connectivity index (χ2v) is 13.7. The van der Waals surface area contributed by atoms with Crippen molar-refractivity contribution < 1.29 is 203 Å². The number of likely N-dealkylation sites (N-methyl/N-ethyl adjacent to an activating group) is 6. The van der Waals surface area contributed by atoms with Crippen molar-refractivity contribution in [2.45, 2.75) is 87.7 Å². The molecule has 0 unspecified atom stereocenters. The van der Waals surface area contributed by atoms with Gasteiger partial charge in [0.1, 0.15) is 0 Å². The minimum atomic E-state index is -1.49. The normalized spacial score (nSPS) is 28.8. The van der Waals surface area contributed by atoms with Crippen molar-refractivity contribution in [3.05, 3.63) is 0 Å². The summed E-state index contributed by atoms with van der Waals surface area (Å²) in [6.45, 7) is -3.17. The molecule has 2 rings (SSSR count). The molecule has 27 heteroatoms. The summed E-state index contributed by atoms with van der Waals surface area (Å²) < 4.78 is 0. The largest absolute Gasteiger partial charge is 0.480 e. The third-order valence-electron chi connectivity index (χ3n) is 9.56. The van der Waals surface area contributed by atoms with E-state index < -0.39 is 148 Å². The molecule has 3 radical (unpaired) electrons. The molecule has 2 aliphatic carbocycles. The Morgan fingerprint density at radius 2 is 0.390 bits per heavy atom. The Balaban J connectivity index is -0.000000304. The van der Waals surface area contributed by atoms with Gasteiger partial charge in [-0.1, -0.05) is 14.9 Å². The molecular weight excluding hydrogens is 1250 g/mol. The van der Waals surface area contributed by atoms with Crippen LogP contribution in [0.15, 0.2) is 0 Å². The number of rotatable bonds is 18. The summed E-state index contributed by atoms with van der Waals surface area (Å²) in [6, 6.07) is -7.04. The minimum Gasteiger partial charge on any atom is -0.480 e. The molecule has 2 saturated carbocycles. The van der Waals surface area contributed by atoms with Gasteiger partial charge in [-0.15, -0.1) is 0 Å². The molecule has 361 valence electrons. The Hall–Kier alpha value is 0.119. The number of nitrogens with zero attached hydrogens (tertiary/aromatic N) is 6. The molecule has 0 saturated heterocycles. The van der Waals surface area contributed by atoms with Gasteiger partial charge in [0.25, 0.3) is 0 Å². The third-order valence-corrected chi connectivity index (χ3v) is 9.56. The first-order chi connectivity index (χ1) is 24.8. The summed E-state index contributed by atoms with van der Waals surface area (Å²) in [6.07, 6.45) is -8.93. The molecule has 2 aliphatic rings. The number of hydrogen-bond donors (Lipinski definition) is 12. The molecule has 0 aromatic rings. The summed E-state index contributed by atoms with van der Waals surface area (Å²) in [7, 11) is 8.12. The Morgan fingerprint density at radius 3 is 0.458 bits per heavy atom. The monoisotopic (exact) mass is 1310 g/mol. The van der Waals surface area contributed by atoms with Crippen LogP contribution in [0.25, 0.3) is 0 Å². The van der Waals surface area contributed by atoms with Crippen LogP contribution < -0.4 is 0 Å². The fraction of sp³-hybridized carbons (Fsp3) is 0.812. The number of carbonyl (C=O) groups is 6. The van der Waals surface area contributed by atoms with Crippen LogP contribution in [0.5, 0.6) is 0 Å². The topological polar surface area (TPSA) is 365 Å². The van der Waals surface area contributed by atoms with Crippen LogP contribution in [0.1, 0.15) is 14.9 Å². The molecule has 0 aromatic heterocycles. The number of aliphatic hydroxyl groups is 6. The van der Waals surface area contributed by atoms with E-state index in [0.717, 1.165) is 0 Å². The number of carboxylic acids is 6. The molecule has 59 heavy (non-hydrogen) atoms. The molecule has 0 atom stereocenters. The summed E-state index contributed by atoms with van der Waals surface area (Å²) >= 11 is 0. The van der Waals surface area contributed by atoms with E-state index >= 15 is 0 Å². The van der Waals surface area contributed by atoms with Gasteiger partial charge in [-0.3, -0.25) is 58.2 Å². The van der Waals surface area contributed by atoms with E-state index in [2.05, 4.69) is 0 Å². The van der Waals surface area contributed by atoms with Crippen molar-refractivity contribution in [3.8, 4) is 0 Å². The Bertz CT molecular complexity index is 1060. The van der Waals surface area contributed by atoms with Crippen LogP contribution in [-0.4, -0.2) is 281 Å².